The first-order valence-corrected chi connectivity index (χ1v) is 47.0. The molecule has 16 atom stereocenters. The number of pyridine rings is 4. The van der Waals surface area contributed by atoms with Crippen molar-refractivity contribution in [2.75, 3.05) is 26.4 Å². The highest BCUT2D eigenvalue weighted by atomic mass is 19.1. The molecular weight excluding hydrogens is 1740 g/mol. The van der Waals surface area contributed by atoms with E-state index in [1.807, 2.05) is 97.1 Å². The van der Waals surface area contributed by atoms with Crippen LogP contribution in [0.2, 0.25) is 0 Å². The van der Waals surface area contributed by atoms with E-state index in [-0.39, 0.29) is 95.5 Å². The van der Waals surface area contributed by atoms with Crippen molar-refractivity contribution in [3.8, 4) is 44.5 Å². The Morgan fingerprint density at radius 2 is 0.654 bits per heavy atom. The van der Waals surface area contributed by atoms with Crippen LogP contribution in [-0.4, -0.2) is 136 Å². The molecule has 0 spiro atoms. The number of hydrogen-bond donors (Lipinski definition) is 4. The van der Waals surface area contributed by atoms with Gasteiger partial charge in [0.05, 0.1) is 49.2 Å². The second-order valence-electron chi connectivity index (χ2n) is 35.8. The van der Waals surface area contributed by atoms with Gasteiger partial charge in [-0.3, -0.25) is 19.9 Å². The number of allylic oxidation sites excluding steroid dienone is 4. The van der Waals surface area contributed by atoms with E-state index in [2.05, 4.69) is 107 Å². The predicted molar refractivity (Wildman–Crippen MR) is 497 cm³/mol. The fourth-order valence-electron chi connectivity index (χ4n) is 21.2. The molecule has 8 aliphatic rings. The average Bonchev–Trinajstić information content (AvgIpc) is 1.55. The van der Waals surface area contributed by atoms with Crippen molar-refractivity contribution in [1.29, 1.82) is 0 Å². The minimum absolute atomic E-state index is 0.0528. The van der Waals surface area contributed by atoms with E-state index >= 15 is 0 Å². The van der Waals surface area contributed by atoms with Crippen molar-refractivity contribution in [3.05, 3.63) is 286 Å². The summed E-state index contributed by atoms with van der Waals surface area (Å²) >= 11 is 0. The normalized spacial score (nSPS) is 23.8. The average molecular weight is 1850 g/mol. The molecule has 0 saturated heterocycles. The lowest BCUT2D eigenvalue weighted by Crippen LogP contribution is -2.44. The van der Waals surface area contributed by atoms with Crippen molar-refractivity contribution in [3.63, 3.8) is 0 Å². The molecule has 136 heavy (non-hydrogen) atoms. The SMILES string of the molecule is CCOC(=O)N[C@@H]1CC[C@@H]2[C@H](Cc3nnoc3[C@H]2/C=C/c2ccc(-c3cccc(F)c3)cn2)C1.CCOC(=O)N[C@@H]1CC[C@@H]2[C@H](Cc3nonc3[C@H]2/C=C/c2ccc(-c3cccc(F)c3)cn2)C1.CCOC(=O)N[C@@H]1CC[C@@H]2[C@H](Cc3onnc3[C@H]2/C=C/c2ccc(-c3cccc(F)c3)cn2)C1.CCOC(=O)N[C@@H]1CC[C@@H]2[C@H](Cc3onnc3[C@H]2/C=C/c2ccc(-c3cccc(F)c3)cn2)C1. The third kappa shape index (κ3) is 23.2. The summed E-state index contributed by atoms with van der Waals surface area (Å²) in [6, 6.07) is 41.8. The summed E-state index contributed by atoms with van der Waals surface area (Å²) in [5, 5.41) is 44.5. The van der Waals surface area contributed by atoms with Gasteiger partial charge < -0.3 is 53.8 Å². The van der Waals surface area contributed by atoms with Crippen molar-refractivity contribution in [2.24, 2.45) is 47.3 Å². The molecular formula is C104H108F4N16O12. The van der Waals surface area contributed by atoms with E-state index in [0.29, 0.717) is 73.8 Å². The number of aromatic nitrogens is 12. The molecule has 12 aromatic rings. The predicted octanol–water partition coefficient (Wildman–Crippen LogP) is 20.6. The molecule has 0 unspecified atom stereocenters. The lowest BCUT2D eigenvalue weighted by molar-refractivity contribution is 0.124. The van der Waals surface area contributed by atoms with Crippen LogP contribution in [0.15, 0.2) is 213 Å². The number of carbonyl (C=O) groups is 4. The molecule has 704 valence electrons. The molecule has 4 N–H and O–H groups in total. The third-order valence-corrected chi connectivity index (χ3v) is 27.5. The number of rotatable bonds is 20. The van der Waals surface area contributed by atoms with Gasteiger partial charge in [-0.25, -0.2) is 41.4 Å². The number of alkyl carbamates (subject to hydrolysis) is 4. The van der Waals surface area contributed by atoms with E-state index < -0.39 is 0 Å². The maximum absolute atomic E-state index is 13.5. The topological polar surface area (TPSA) is 361 Å². The monoisotopic (exact) mass is 1850 g/mol. The Morgan fingerprint density at radius 1 is 0.346 bits per heavy atom. The van der Waals surface area contributed by atoms with Crippen LogP contribution in [0, 0.1) is 70.6 Å². The second-order valence-corrected chi connectivity index (χ2v) is 35.8. The zero-order valence-electron chi connectivity index (χ0n) is 75.9. The Kier molecular flexibility index (Phi) is 30.5. The van der Waals surface area contributed by atoms with E-state index in [4.69, 9.17) is 37.1 Å². The molecule has 8 aliphatic carbocycles. The van der Waals surface area contributed by atoms with Gasteiger partial charge in [-0.2, -0.15) is 0 Å². The number of ether oxygens (including phenoxy) is 4. The fourth-order valence-corrected chi connectivity index (χ4v) is 21.2. The molecule has 0 bridgehead atoms. The summed E-state index contributed by atoms with van der Waals surface area (Å²) in [6.07, 6.45) is 36.3. The van der Waals surface area contributed by atoms with Crippen molar-refractivity contribution >= 4 is 48.7 Å². The molecule has 0 radical (unpaired) electrons. The molecule has 4 aromatic carbocycles. The molecule has 4 fully saturated rings. The van der Waals surface area contributed by atoms with Gasteiger partial charge in [0, 0.05) is 124 Å². The zero-order chi connectivity index (χ0) is 94.0. The minimum Gasteiger partial charge on any atom is -0.450 e. The van der Waals surface area contributed by atoms with Crippen LogP contribution in [0.5, 0.6) is 0 Å². The summed E-state index contributed by atoms with van der Waals surface area (Å²) in [5.41, 5.74) is 14.4. The quantitative estimate of drug-likeness (QED) is 0.0407. The molecule has 8 aromatic heterocycles. The fraction of sp³-hybridized carbons (Fsp3) is 0.385. The van der Waals surface area contributed by atoms with Crippen LogP contribution in [-0.2, 0) is 44.6 Å². The largest absolute Gasteiger partial charge is 0.450 e. The van der Waals surface area contributed by atoms with Gasteiger partial charge >= 0.3 is 24.4 Å². The van der Waals surface area contributed by atoms with Crippen LogP contribution in [0.4, 0.5) is 36.7 Å². The Morgan fingerprint density at radius 3 is 0.978 bits per heavy atom. The zero-order valence-corrected chi connectivity index (χ0v) is 75.9. The Labute approximate surface area is 784 Å². The van der Waals surface area contributed by atoms with Gasteiger partial charge in [0.2, 0.25) is 0 Å². The van der Waals surface area contributed by atoms with E-state index in [1.165, 1.54) is 48.5 Å². The number of nitrogens with one attached hydrogen (secondary N) is 4. The molecule has 4 saturated carbocycles. The van der Waals surface area contributed by atoms with Crippen LogP contribution < -0.4 is 21.3 Å². The van der Waals surface area contributed by atoms with Gasteiger partial charge in [0.15, 0.2) is 17.3 Å². The first kappa shape index (κ1) is 93.6. The minimum atomic E-state index is -0.354. The summed E-state index contributed by atoms with van der Waals surface area (Å²) in [4.78, 5) is 65.7. The Hall–Kier alpha value is -14.2. The van der Waals surface area contributed by atoms with Crippen LogP contribution >= 0.6 is 0 Å². The number of carbonyl (C=O) groups excluding carboxylic acids is 4. The van der Waals surface area contributed by atoms with Gasteiger partial charge in [-0.05, 0) is 284 Å². The molecule has 8 heterocycles. The van der Waals surface area contributed by atoms with Gasteiger partial charge in [0.25, 0.3) is 0 Å². The smallest absolute Gasteiger partial charge is 0.407 e. The van der Waals surface area contributed by atoms with Gasteiger partial charge in [-0.15, -0.1) is 15.3 Å². The molecule has 20 rings (SSSR count). The number of amides is 4. The Bertz CT molecular complexity index is 5450. The molecule has 0 aliphatic heterocycles. The van der Waals surface area contributed by atoms with Crippen molar-refractivity contribution in [1.82, 2.24) is 82.6 Å². The van der Waals surface area contributed by atoms with Gasteiger partial charge in [0.1, 0.15) is 51.7 Å². The van der Waals surface area contributed by atoms with Crippen LogP contribution in [0.25, 0.3) is 68.8 Å². The highest BCUT2D eigenvalue weighted by molar-refractivity contribution is 5.71. The highest BCUT2D eigenvalue weighted by Gasteiger charge is 2.48. The Balaban J connectivity index is 0.000000126. The summed E-state index contributed by atoms with van der Waals surface area (Å²) < 4.78 is 95.9. The number of halogens is 4. The van der Waals surface area contributed by atoms with E-state index in [1.54, 1.807) is 76.7 Å². The maximum Gasteiger partial charge on any atom is 0.407 e. The first-order valence-electron chi connectivity index (χ1n) is 47.0. The first-order chi connectivity index (χ1) is 66.4. The second kappa shape index (κ2) is 44.3. The molecule has 32 heteroatoms. The van der Waals surface area contributed by atoms with Gasteiger partial charge in [-0.1, -0.05) is 107 Å². The summed E-state index contributed by atoms with van der Waals surface area (Å²) in [6.45, 7) is 8.66. The van der Waals surface area contributed by atoms with Crippen molar-refractivity contribution in [2.45, 2.75) is 178 Å². The van der Waals surface area contributed by atoms with Crippen LogP contribution in [0.3, 0.4) is 0 Å². The van der Waals surface area contributed by atoms with E-state index in [9.17, 15) is 36.7 Å². The number of nitrogens with zero attached hydrogens (tertiary/aromatic N) is 12. The maximum atomic E-state index is 13.5. The highest BCUT2D eigenvalue weighted by Crippen LogP contribution is 2.52. The summed E-state index contributed by atoms with van der Waals surface area (Å²) in [7, 11) is 0. The lowest BCUT2D eigenvalue weighted by Gasteiger charge is -2.41. The van der Waals surface area contributed by atoms with Crippen molar-refractivity contribution < 1.29 is 73.9 Å². The number of benzene rings is 4. The van der Waals surface area contributed by atoms with E-state index in [0.717, 1.165) is 216 Å². The molecule has 4 amide bonds. The van der Waals surface area contributed by atoms with Crippen LogP contribution in [0.1, 0.15) is 197 Å². The number of hydrogen-bond acceptors (Lipinski definition) is 24. The molecule has 28 nitrogen and oxygen atoms in total. The lowest BCUT2D eigenvalue weighted by atomic mass is 9.64. The standard InChI is InChI=1S/4C26H27FN4O3/c2*1-2-33-26(32)29-21-9-10-22-18(13-21)14-24-25(30-31-34-24)23(22)11-8-20-7-6-17(15-28-20)16-4-3-5-19(27)12-16;1-2-33-26(32)29-21-9-10-22-18(13-21)14-24-25(34-31-30-24)23(22)11-8-20-7-6-17(15-28-20)16-4-3-5-19(27)12-16;1-2-33-26(32)29-21-9-10-22-18(13-21)14-24-25(31-34-30-24)23(22)11-8-20-7-6-17(15-28-20)16-4-3-5-19(27)12-16/h4*3-8,11-12,15,18,21-23H,2,9-10,13-14H2,1H3,(H,29,32)/b4*11-8+/t4*18-,21+,22+,23-/m0000/s1. The summed E-state index contributed by atoms with van der Waals surface area (Å²) in [5.74, 6) is 4.71. The third-order valence-electron chi connectivity index (χ3n) is 27.5. The number of fused-ring (bicyclic) bond motifs is 8.